The molecule has 2 atom stereocenters. The maximum atomic E-state index is 12.0. The van der Waals surface area contributed by atoms with Crippen molar-refractivity contribution in [2.75, 3.05) is 13.2 Å². The van der Waals surface area contributed by atoms with Gasteiger partial charge in [-0.15, -0.1) is 0 Å². The fourth-order valence-corrected chi connectivity index (χ4v) is 2.54. The minimum atomic E-state index is -0.575. The third kappa shape index (κ3) is 4.08. The summed E-state index contributed by atoms with van der Waals surface area (Å²) in [5.74, 6) is 0.0219. The van der Waals surface area contributed by atoms with Crippen molar-refractivity contribution in [3.05, 3.63) is 30.4 Å². The lowest BCUT2D eigenvalue weighted by Gasteiger charge is -2.22. The van der Waals surface area contributed by atoms with Crippen molar-refractivity contribution in [1.29, 1.82) is 0 Å². The number of ether oxygens (including phenoxy) is 1. The molecule has 2 unspecified atom stereocenters. The molecule has 1 aliphatic heterocycles. The van der Waals surface area contributed by atoms with Crippen molar-refractivity contribution in [2.24, 2.45) is 5.73 Å². The van der Waals surface area contributed by atoms with Gasteiger partial charge in [0.1, 0.15) is 12.4 Å². The summed E-state index contributed by atoms with van der Waals surface area (Å²) < 4.78 is 5.02. The Balaban J connectivity index is 1.99. The third-order valence-electron chi connectivity index (χ3n) is 3.43. The molecule has 0 saturated carbocycles. The molecule has 1 aromatic heterocycles. The lowest BCUT2D eigenvalue weighted by Crippen LogP contribution is -2.37. The van der Waals surface area contributed by atoms with Gasteiger partial charge in [-0.2, -0.15) is 0 Å². The van der Waals surface area contributed by atoms with Crippen LogP contribution in [0.15, 0.2) is 18.9 Å². The van der Waals surface area contributed by atoms with E-state index in [4.69, 9.17) is 10.5 Å². The highest BCUT2D eigenvalue weighted by Gasteiger charge is 2.35. The number of hydrogen-bond acceptors (Lipinski definition) is 5. The topological polar surface area (TPSA) is 122 Å². The molecule has 0 spiro atoms. The molecule has 2 amide bonds. The van der Waals surface area contributed by atoms with Crippen LogP contribution in [0.25, 0.3) is 0 Å². The standard InChI is InChI=1S/C14H20N4O4/c1-2-3-22-14(21)18-8-11(19)5-10(18)4-9-7-16-13(17-9)6-12(15)20/h2,7,10-11,19H,1,3-6,8H2,(H2,15,20)(H,16,17). The van der Waals surface area contributed by atoms with Gasteiger partial charge >= 0.3 is 6.09 Å². The van der Waals surface area contributed by atoms with Crippen LogP contribution < -0.4 is 5.73 Å². The zero-order valence-electron chi connectivity index (χ0n) is 12.2. The van der Waals surface area contributed by atoms with E-state index in [2.05, 4.69) is 16.5 Å². The molecule has 0 bridgehead atoms. The van der Waals surface area contributed by atoms with Crippen LogP contribution in [0.4, 0.5) is 4.79 Å². The van der Waals surface area contributed by atoms with Crippen LogP contribution in [-0.2, 0) is 22.4 Å². The van der Waals surface area contributed by atoms with E-state index in [-0.39, 0.29) is 25.6 Å². The van der Waals surface area contributed by atoms with Gasteiger partial charge in [0.25, 0.3) is 0 Å². The lowest BCUT2D eigenvalue weighted by atomic mass is 10.1. The first kappa shape index (κ1) is 16.0. The van der Waals surface area contributed by atoms with E-state index in [9.17, 15) is 14.7 Å². The van der Waals surface area contributed by atoms with E-state index in [1.807, 2.05) is 0 Å². The first-order valence-electron chi connectivity index (χ1n) is 7.03. The molecule has 2 rings (SSSR count). The van der Waals surface area contributed by atoms with Crippen molar-refractivity contribution in [3.63, 3.8) is 0 Å². The van der Waals surface area contributed by atoms with Crippen LogP contribution in [0.5, 0.6) is 0 Å². The van der Waals surface area contributed by atoms with Crippen LogP contribution in [0.2, 0.25) is 0 Å². The predicted molar refractivity (Wildman–Crippen MR) is 77.9 cm³/mol. The van der Waals surface area contributed by atoms with Gasteiger partial charge < -0.3 is 25.5 Å². The van der Waals surface area contributed by atoms with Gasteiger partial charge in [0.2, 0.25) is 5.91 Å². The third-order valence-corrected chi connectivity index (χ3v) is 3.43. The lowest BCUT2D eigenvalue weighted by molar-refractivity contribution is -0.117. The van der Waals surface area contributed by atoms with Crippen molar-refractivity contribution in [1.82, 2.24) is 14.9 Å². The Kier molecular flexibility index (Phi) is 5.16. The summed E-state index contributed by atoms with van der Waals surface area (Å²) in [5.41, 5.74) is 5.89. The summed E-state index contributed by atoms with van der Waals surface area (Å²) in [6.07, 6.45) is 3.05. The van der Waals surface area contributed by atoms with Gasteiger partial charge in [-0.1, -0.05) is 12.7 Å². The number of aromatic nitrogens is 2. The van der Waals surface area contributed by atoms with E-state index >= 15 is 0 Å². The molecule has 1 fully saturated rings. The van der Waals surface area contributed by atoms with Gasteiger partial charge in [0.15, 0.2) is 0 Å². The molecule has 8 nitrogen and oxygen atoms in total. The minimum absolute atomic E-state index is 0.0401. The Bertz CT molecular complexity index is 557. The number of H-pyrrole nitrogens is 1. The van der Waals surface area contributed by atoms with Gasteiger partial charge in [-0.3, -0.25) is 4.79 Å². The van der Waals surface area contributed by atoms with Crippen LogP contribution in [-0.4, -0.2) is 57.3 Å². The average molecular weight is 308 g/mol. The normalized spacial score (nSPS) is 20.9. The second kappa shape index (κ2) is 7.08. The quantitative estimate of drug-likeness (QED) is 0.625. The average Bonchev–Trinajstić information content (AvgIpc) is 3.02. The van der Waals surface area contributed by atoms with Crippen molar-refractivity contribution < 1.29 is 19.4 Å². The Morgan fingerprint density at radius 2 is 2.41 bits per heavy atom. The number of imidazole rings is 1. The Labute approximate surface area is 128 Å². The molecule has 1 saturated heterocycles. The number of nitrogens with one attached hydrogen (secondary N) is 1. The number of aliphatic hydroxyl groups is 1. The summed E-state index contributed by atoms with van der Waals surface area (Å²) in [5, 5.41) is 9.79. The number of primary amides is 1. The van der Waals surface area contributed by atoms with Crippen LogP contribution in [0.3, 0.4) is 0 Å². The zero-order valence-corrected chi connectivity index (χ0v) is 12.2. The molecule has 4 N–H and O–H groups in total. The molecule has 1 aromatic rings. The van der Waals surface area contributed by atoms with E-state index in [0.29, 0.717) is 18.7 Å². The number of aliphatic hydroxyl groups excluding tert-OH is 1. The summed E-state index contributed by atoms with van der Waals surface area (Å²) >= 11 is 0. The fourth-order valence-electron chi connectivity index (χ4n) is 2.54. The molecule has 120 valence electrons. The van der Waals surface area contributed by atoms with Gasteiger partial charge in [-0.25, -0.2) is 9.78 Å². The van der Waals surface area contributed by atoms with Crippen molar-refractivity contribution in [3.8, 4) is 0 Å². The van der Waals surface area contributed by atoms with Gasteiger partial charge in [0.05, 0.1) is 19.1 Å². The summed E-state index contributed by atoms with van der Waals surface area (Å²) in [6, 6.07) is -0.186. The van der Waals surface area contributed by atoms with Crippen LogP contribution >= 0.6 is 0 Å². The SMILES string of the molecule is C=CCOC(=O)N1CC(O)CC1Cc1cnc(CC(N)=O)[nH]1. The number of carbonyl (C=O) groups is 2. The highest BCUT2D eigenvalue weighted by atomic mass is 16.6. The number of nitrogens with two attached hydrogens (primary N) is 1. The van der Waals surface area contributed by atoms with Gasteiger partial charge in [-0.05, 0) is 6.42 Å². The molecule has 2 heterocycles. The number of aromatic amines is 1. The minimum Gasteiger partial charge on any atom is -0.445 e. The monoisotopic (exact) mass is 308 g/mol. The maximum Gasteiger partial charge on any atom is 0.410 e. The number of amides is 2. The Hall–Kier alpha value is -2.35. The maximum absolute atomic E-state index is 12.0. The smallest absolute Gasteiger partial charge is 0.410 e. The molecule has 0 aromatic carbocycles. The number of nitrogens with zero attached hydrogens (tertiary/aromatic N) is 2. The largest absolute Gasteiger partial charge is 0.445 e. The van der Waals surface area contributed by atoms with Crippen LogP contribution in [0.1, 0.15) is 17.9 Å². The first-order valence-corrected chi connectivity index (χ1v) is 7.03. The second-order valence-corrected chi connectivity index (χ2v) is 5.26. The number of rotatable bonds is 6. The molecular formula is C14H20N4O4. The number of β-amino-alcohol motifs (C(OH)–C–C–N with tert-alkyl or cyclic N) is 1. The molecule has 0 aliphatic carbocycles. The number of likely N-dealkylation sites (tertiary alicyclic amines) is 1. The van der Waals surface area contributed by atoms with E-state index in [1.54, 1.807) is 6.20 Å². The van der Waals surface area contributed by atoms with Crippen molar-refractivity contribution >= 4 is 12.0 Å². The number of hydrogen-bond donors (Lipinski definition) is 3. The highest BCUT2D eigenvalue weighted by molar-refractivity contribution is 5.75. The summed E-state index contributed by atoms with van der Waals surface area (Å²) in [4.78, 5) is 31.4. The molecule has 1 aliphatic rings. The summed E-state index contributed by atoms with van der Waals surface area (Å²) in [6.45, 7) is 3.86. The Morgan fingerprint density at radius 3 is 3.09 bits per heavy atom. The zero-order chi connectivity index (χ0) is 16.1. The van der Waals surface area contributed by atoms with E-state index < -0.39 is 18.1 Å². The molecule has 8 heteroatoms. The van der Waals surface area contributed by atoms with Crippen molar-refractivity contribution in [2.45, 2.75) is 31.4 Å². The predicted octanol–water partition coefficient (Wildman–Crippen LogP) is -0.262. The summed E-state index contributed by atoms with van der Waals surface area (Å²) in [7, 11) is 0. The second-order valence-electron chi connectivity index (χ2n) is 5.26. The highest BCUT2D eigenvalue weighted by Crippen LogP contribution is 2.22. The fraction of sp³-hybridized carbons (Fsp3) is 0.500. The van der Waals surface area contributed by atoms with Crippen LogP contribution in [0, 0.1) is 0 Å². The molecule has 0 radical (unpaired) electrons. The molecular weight excluding hydrogens is 288 g/mol. The van der Waals surface area contributed by atoms with E-state index in [0.717, 1.165) is 5.69 Å². The Morgan fingerprint density at radius 1 is 1.64 bits per heavy atom. The van der Waals surface area contributed by atoms with E-state index in [1.165, 1.54) is 11.0 Å². The molecule has 22 heavy (non-hydrogen) atoms. The first-order chi connectivity index (χ1) is 10.5. The van der Waals surface area contributed by atoms with Gasteiger partial charge in [0, 0.05) is 24.4 Å². The number of carbonyl (C=O) groups excluding carboxylic acids is 2.